The second-order valence-corrected chi connectivity index (χ2v) is 8.03. The Balaban J connectivity index is 1.47. The van der Waals surface area contributed by atoms with Gasteiger partial charge in [-0.05, 0) is 59.7 Å². The largest absolute Gasteiger partial charge is 0.496 e. The molecular weight excluding hydrogens is 402 g/mol. The molecule has 1 unspecified atom stereocenters. The van der Waals surface area contributed by atoms with Crippen LogP contribution in [-0.2, 0) is 11.2 Å². The van der Waals surface area contributed by atoms with Crippen molar-refractivity contribution >= 4 is 18.2 Å². The molecule has 3 aromatic rings. The van der Waals surface area contributed by atoms with Gasteiger partial charge in [0.25, 0.3) is 0 Å². The fourth-order valence-electron chi connectivity index (χ4n) is 4.06. The minimum absolute atomic E-state index is 0.248. The van der Waals surface area contributed by atoms with Gasteiger partial charge in [0.1, 0.15) is 17.7 Å². The minimum atomic E-state index is -0.248. The van der Waals surface area contributed by atoms with Crippen LogP contribution >= 0.6 is 0 Å². The van der Waals surface area contributed by atoms with Gasteiger partial charge in [-0.25, -0.2) is 15.0 Å². The van der Waals surface area contributed by atoms with Crippen LogP contribution in [0, 0.1) is 0 Å². The first kappa shape index (κ1) is 20.1. The highest BCUT2D eigenvalue weighted by atomic mass is 16.5. The minimum Gasteiger partial charge on any atom is -0.496 e. The molecule has 162 valence electrons. The van der Waals surface area contributed by atoms with E-state index in [9.17, 15) is 4.79 Å². The van der Waals surface area contributed by atoms with Gasteiger partial charge in [-0.1, -0.05) is 36.4 Å². The summed E-state index contributed by atoms with van der Waals surface area (Å²) in [6.07, 6.45) is 5.33. The Hall–Kier alpha value is -3.87. The third kappa shape index (κ3) is 4.14. The Kier molecular flexibility index (Phi) is 5.46. The first-order chi connectivity index (χ1) is 15.7. The van der Waals surface area contributed by atoms with E-state index in [2.05, 4.69) is 45.0 Å². The van der Waals surface area contributed by atoms with Gasteiger partial charge in [-0.3, -0.25) is 15.5 Å². The average Bonchev–Trinajstić information content (AvgIpc) is 3.61. The number of anilines is 1. The number of carbonyl (C=O) groups excluding carboxylic acids is 1. The van der Waals surface area contributed by atoms with Crippen molar-refractivity contribution in [3.63, 3.8) is 0 Å². The summed E-state index contributed by atoms with van der Waals surface area (Å²) in [5, 5.41) is 4.51. The number of amides is 1. The van der Waals surface area contributed by atoms with E-state index >= 15 is 0 Å². The molecule has 1 amide bonds. The van der Waals surface area contributed by atoms with Crippen molar-refractivity contribution in [2.24, 2.45) is 4.99 Å². The molecule has 0 bridgehead atoms. The summed E-state index contributed by atoms with van der Waals surface area (Å²) in [5.41, 5.74) is 7.74. The summed E-state index contributed by atoms with van der Waals surface area (Å²) in [6, 6.07) is 20.6. The summed E-state index contributed by atoms with van der Waals surface area (Å²) in [4.78, 5) is 20.2. The second-order valence-electron chi connectivity index (χ2n) is 8.03. The van der Waals surface area contributed by atoms with Gasteiger partial charge in [0.2, 0.25) is 12.4 Å². The van der Waals surface area contributed by atoms with Crippen LogP contribution in [0.2, 0.25) is 0 Å². The molecule has 1 aliphatic carbocycles. The van der Waals surface area contributed by atoms with Gasteiger partial charge >= 0.3 is 0 Å². The first-order valence-electron chi connectivity index (χ1n) is 10.8. The van der Waals surface area contributed by atoms with Crippen LogP contribution in [-0.4, -0.2) is 30.6 Å². The molecule has 32 heavy (non-hydrogen) atoms. The predicted molar refractivity (Wildman–Crippen MR) is 124 cm³/mol. The Bertz CT molecular complexity index is 1140. The van der Waals surface area contributed by atoms with Crippen molar-refractivity contribution in [2.45, 2.75) is 31.3 Å². The highest BCUT2D eigenvalue weighted by molar-refractivity contribution is 5.91. The van der Waals surface area contributed by atoms with E-state index in [1.807, 2.05) is 41.4 Å². The molecule has 1 fully saturated rings. The molecule has 2 heterocycles. The third-order valence-corrected chi connectivity index (χ3v) is 5.83. The van der Waals surface area contributed by atoms with E-state index in [0.717, 1.165) is 22.4 Å². The predicted octanol–water partition coefficient (Wildman–Crippen LogP) is 3.63. The summed E-state index contributed by atoms with van der Waals surface area (Å²) < 4.78 is 5.65. The molecule has 1 aliphatic heterocycles. The average molecular weight is 428 g/mol. The summed E-state index contributed by atoms with van der Waals surface area (Å²) in [5.74, 6) is 2.61. The molecule has 7 nitrogen and oxygen atoms in total. The number of pyridine rings is 1. The number of methoxy groups -OCH3 is 1. The van der Waals surface area contributed by atoms with Crippen LogP contribution in [0.4, 0.5) is 5.82 Å². The number of carbonyl (C=O) groups is 1. The summed E-state index contributed by atoms with van der Waals surface area (Å²) >= 11 is 0. The number of aliphatic imine (C=N–C) groups is 1. The molecular formula is C25H25N5O2. The number of guanidine groups is 1. The lowest BCUT2D eigenvalue weighted by Gasteiger charge is -2.24. The van der Waals surface area contributed by atoms with Gasteiger partial charge in [0.15, 0.2) is 0 Å². The third-order valence-electron chi connectivity index (χ3n) is 5.83. The summed E-state index contributed by atoms with van der Waals surface area (Å²) in [7, 11) is 1.70. The molecule has 0 spiro atoms. The van der Waals surface area contributed by atoms with Crippen LogP contribution in [0.1, 0.15) is 29.9 Å². The van der Waals surface area contributed by atoms with Crippen molar-refractivity contribution in [3.05, 3.63) is 78.0 Å². The Labute approximate surface area is 187 Å². The molecule has 0 radical (unpaired) electrons. The number of benzene rings is 2. The van der Waals surface area contributed by atoms with Gasteiger partial charge < -0.3 is 4.74 Å². The summed E-state index contributed by atoms with van der Waals surface area (Å²) in [6.45, 7) is 0. The lowest BCUT2D eigenvalue weighted by molar-refractivity contribution is -0.108. The number of nitrogens with zero attached hydrogens (tertiary/aromatic N) is 3. The van der Waals surface area contributed by atoms with Crippen molar-refractivity contribution < 1.29 is 9.53 Å². The number of nitrogens with one attached hydrogen (secondary N) is 2. The first-order valence-corrected chi connectivity index (χ1v) is 10.8. The highest BCUT2D eigenvalue weighted by Crippen LogP contribution is 2.43. The number of aromatic nitrogens is 1. The Morgan fingerprint density at radius 2 is 2.00 bits per heavy atom. The van der Waals surface area contributed by atoms with Crippen LogP contribution in [0.3, 0.4) is 0 Å². The number of hydrazine groups is 1. The Morgan fingerprint density at radius 1 is 1.16 bits per heavy atom. The molecule has 7 heteroatoms. The normalized spacial score (nSPS) is 17.5. The fraction of sp³-hybridized carbons (Fsp3) is 0.240. The molecule has 2 aromatic carbocycles. The lowest BCUT2D eigenvalue weighted by atomic mass is 10.0. The lowest BCUT2D eigenvalue weighted by Crippen LogP contribution is -2.46. The van der Waals surface area contributed by atoms with Crippen LogP contribution in [0.25, 0.3) is 11.1 Å². The fourth-order valence-corrected chi connectivity index (χ4v) is 4.06. The van der Waals surface area contributed by atoms with E-state index < -0.39 is 0 Å². The van der Waals surface area contributed by atoms with Crippen LogP contribution < -0.4 is 20.5 Å². The topological polar surface area (TPSA) is 78.9 Å². The molecule has 2 N–H and O–H groups in total. The molecule has 1 aromatic heterocycles. The maximum absolute atomic E-state index is 11.0. The van der Waals surface area contributed by atoms with E-state index in [4.69, 9.17) is 4.74 Å². The maximum Gasteiger partial charge on any atom is 0.219 e. The van der Waals surface area contributed by atoms with Crippen molar-refractivity contribution in [2.75, 3.05) is 12.1 Å². The number of hydrogen-bond acceptors (Lipinski definition) is 6. The van der Waals surface area contributed by atoms with Crippen molar-refractivity contribution in [3.8, 4) is 16.9 Å². The van der Waals surface area contributed by atoms with Crippen molar-refractivity contribution in [1.29, 1.82) is 0 Å². The van der Waals surface area contributed by atoms with Crippen molar-refractivity contribution in [1.82, 2.24) is 15.7 Å². The zero-order chi connectivity index (χ0) is 21.9. The maximum atomic E-state index is 11.0. The van der Waals surface area contributed by atoms with Gasteiger partial charge in [0, 0.05) is 18.2 Å². The monoisotopic (exact) mass is 427 g/mol. The Morgan fingerprint density at radius 3 is 2.75 bits per heavy atom. The number of ether oxygens (including phenoxy) is 1. The molecule has 0 saturated heterocycles. The number of hydrogen-bond donors (Lipinski definition) is 2. The standard InChI is InChI=1S/C25H25N5O2/c1-32-22-10-9-19(18-7-8-18)14-21(22)20-11-12-26-23(15-20)30-24(28-25(29-30)27-16-31)13-17-5-3-2-4-6-17/h2-6,9-12,14-16,18,24H,7-8,13H2,1H3,(H2,27,28,29,31). The quantitative estimate of drug-likeness (QED) is 0.563. The van der Waals surface area contributed by atoms with E-state index in [-0.39, 0.29) is 6.17 Å². The molecule has 2 aliphatic rings. The van der Waals surface area contributed by atoms with E-state index in [0.29, 0.717) is 30.5 Å². The molecule has 5 rings (SSSR count). The number of rotatable bonds is 7. The van der Waals surface area contributed by atoms with E-state index in [1.54, 1.807) is 13.3 Å². The highest BCUT2D eigenvalue weighted by Gasteiger charge is 2.28. The van der Waals surface area contributed by atoms with Gasteiger partial charge in [-0.2, -0.15) is 0 Å². The zero-order valence-electron chi connectivity index (χ0n) is 17.9. The van der Waals surface area contributed by atoms with Crippen LogP contribution in [0.5, 0.6) is 5.75 Å². The smallest absolute Gasteiger partial charge is 0.219 e. The van der Waals surface area contributed by atoms with Gasteiger partial charge in [0.05, 0.1) is 7.11 Å². The molecule has 1 atom stereocenters. The van der Waals surface area contributed by atoms with Gasteiger partial charge in [-0.15, -0.1) is 0 Å². The van der Waals surface area contributed by atoms with Crippen LogP contribution in [0.15, 0.2) is 71.9 Å². The molecule has 1 saturated carbocycles. The van der Waals surface area contributed by atoms with E-state index in [1.165, 1.54) is 18.4 Å². The second kappa shape index (κ2) is 8.70. The SMILES string of the molecule is COc1ccc(C2CC2)cc1-c1ccnc(N2NC(NC=O)=NC2Cc2ccccc2)c1. The zero-order valence-corrected chi connectivity index (χ0v) is 17.9.